The summed E-state index contributed by atoms with van der Waals surface area (Å²) in [4.78, 5) is 0.218. The molecule has 0 aliphatic heterocycles. The van der Waals surface area contributed by atoms with Gasteiger partial charge in [-0.2, -0.15) is 0 Å². The number of aryl methyl sites for hydroxylation is 1. The van der Waals surface area contributed by atoms with E-state index < -0.39 is 16.1 Å². The van der Waals surface area contributed by atoms with Gasteiger partial charge in [-0.05, 0) is 19.1 Å². The van der Waals surface area contributed by atoms with E-state index in [9.17, 15) is 8.42 Å². The quantitative estimate of drug-likeness (QED) is 0.499. The molecule has 0 atom stereocenters. The predicted molar refractivity (Wildman–Crippen MR) is 87.3 cm³/mol. The third-order valence-electron chi connectivity index (χ3n) is 2.76. The molecule has 0 fully saturated rings. The van der Waals surface area contributed by atoms with Crippen LogP contribution in [0.5, 0.6) is 0 Å². The van der Waals surface area contributed by atoms with E-state index in [1.54, 1.807) is 36.4 Å². The molecule has 6 heteroatoms. The molecule has 0 aliphatic rings. The summed E-state index contributed by atoms with van der Waals surface area (Å²) in [6.45, 7) is 10.1. The van der Waals surface area contributed by atoms with Gasteiger partial charge in [-0.3, -0.25) is 0 Å². The van der Waals surface area contributed by atoms with Gasteiger partial charge in [0.05, 0.1) is 37.4 Å². The molecule has 0 radical (unpaired) electrons. The van der Waals surface area contributed by atoms with E-state index in [1.807, 2.05) is 6.92 Å². The maximum atomic E-state index is 12.4. The molecule has 0 bridgehead atoms. The Kier molecular flexibility index (Phi) is 8.05. The van der Waals surface area contributed by atoms with Gasteiger partial charge in [0, 0.05) is 0 Å². The minimum absolute atomic E-state index is 0.203. The molecule has 1 N–H and O–H groups in total. The topological polar surface area (TPSA) is 64.6 Å². The zero-order valence-corrected chi connectivity index (χ0v) is 13.6. The molecule has 0 saturated carbocycles. The van der Waals surface area contributed by atoms with Gasteiger partial charge in [-0.1, -0.05) is 29.8 Å². The molecule has 1 aromatic carbocycles. The molecule has 0 saturated heterocycles. The first-order valence-electron chi connectivity index (χ1n) is 6.96. The second-order valence-corrected chi connectivity index (χ2v) is 6.50. The lowest BCUT2D eigenvalue weighted by atomic mass is 10.2. The number of rotatable bonds is 11. The van der Waals surface area contributed by atoms with Gasteiger partial charge >= 0.3 is 0 Å². The fraction of sp³-hybridized carbons (Fsp3) is 0.375. The van der Waals surface area contributed by atoms with E-state index in [2.05, 4.69) is 17.9 Å². The molecule has 0 spiro atoms. The molecule has 0 unspecified atom stereocenters. The van der Waals surface area contributed by atoms with E-state index in [4.69, 9.17) is 9.47 Å². The van der Waals surface area contributed by atoms with Gasteiger partial charge in [0.1, 0.15) is 0 Å². The third-order valence-corrected chi connectivity index (χ3v) is 4.30. The Morgan fingerprint density at radius 1 is 1.09 bits per heavy atom. The molecule has 0 amide bonds. The maximum Gasteiger partial charge on any atom is 0.240 e. The minimum Gasteiger partial charge on any atom is -0.376 e. The summed E-state index contributed by atoms with van der Waals surface area (Å²) in [6.07, 6.45) is 3.21. The Morgan fingerprint density at radius 2 is 1.59 bits per heavy atom. The van der Waals surface area contributed by atoms with Crippen LogP contribution in [0.1, 0.15) is 5.56 Å². The maximum absolute atomic E-state index is 12.4. The van der Waals surface area contributed by atoms with Crippen molar-refractivity contribution in [3.05, 3.63) is 55.1 Å². The van der Waals surface area contributed by atoms with Crippen molar-refractivity contribution in [2.45, 2.75) is 17.9 Å². The van der Waals surface area contributed by atoms with Crippen molar-refractivity contribution in [3.63, 3.8) is 0 Å². The number of hydrogen-bond acceptors (Lipinski definition) is 4. The van der Waals surface area contributed by atoms with Crippen LogP contribution in [0.15, 0.2) is 54.5 Å². The third kappa shape index (κ3) is 6.53. The normalized spacial score (nSPS) is 11.5. The number of hydrogen-bond donors (Lipinski definition) is 1. The Bertz CT molecular complexity index is 552. The molecule has 1 rings (SSSR count). The molecule has 5 nitrogen and oxygen atoms in total. The Labute approximate surface area is 132 Å². The van der Waals surface area contributed by atoms with Crippen LogP contribution in [-0.4, -0.2) is 40.9 Å². The van der Waals surface area contributed by atoms with Crippen molar-refractivity contribution < 1.29 is 17.9 Å². The molecular formula is C16H23NO4S. The summed E-state index contributed by atoms with van der Waals surface area (Å²) in [5.74, 6) is 0. The van der Waals surface area contributed by atoms with Crippen LogP contribution in [0.25, 0.3) is 0 Å². The highest BCUT2D eigenvalue weighted by atomic mass is 32.2. The van der Waals surface area contributed by atoms with Crippen molar-refractivity contribution in [1.82, 2.24) is 4.72 Å². The van der Waals surface area contributed by atoms with Gasteiger partial charge in [0.25, 0.3) is 0 Å². The molecule has 1 aromatic rings. The highest BCUT2D eigenvalue weighted by molar-refractivity contribution is 7.89. The summed E-state index contributed by atoms with van der Waals surface area (Å²) >= 11 is 0. The van der Waals surface area contributed by atoms with E-state index in [0.717, 1.165) is 5.56 Å². The lowest BCUT2D eigenvalue weighted by Crippen LogP contribution is -2.41. The zero-order valence-electron chi connectivity index (χ0n) is 12.8. The van der Waals surface area contributed by atoms with Crippen molar-refractivity contribution in [3.8, 4) is 0 Å². The predicted octanol–water partition coefficient (Wildman–Crippen LogP) is 2.05. The SMILES string of the molecule is C=CCOCC(COCC=C)NS(=O)(=O)c1ccc(C)cc1. The smallest absolute Gasteiger partial charge is 0.240 e. The minimum atomic E-state index is -3.61. The second-order valence-electron chi connectivity index (χ2n) is 4.78. The van der Waals surface area contributed by atoms with Crippen LogP contribution in [-0.2, 0) is 19.5 Å². The van der Waals surface area contributed by atoms with E-state index in [1.165, 1.54) is 0 Å². The summed E-state index contributed by atoms with van der Waals surface area (Å²) in [7, 11) is -3.61. The first-order valence-corrected chi connectivity index (χ1v) is 8.44. The summed E-state index contributed by atoms with van der Waals surface area (Å²) < 4.78 is 38.0. The standard InChI is InChI=1S/C16H23NO4S/c1-4-10-20-12-15(13-21-11-5-2)17-22(18,19)16-8-6-14(3)7-9-16/h4-9,15,17H,1-2,10-13H2,3H3. The Morgan fingerprint density at radius 3 is 2.05 bits per heavy atom. The molecule has 0 aromatic heterocycles. The van der Waals surface area contributed by atoms with Gasteiger partial charge in [-0.25, -0.2) is 13.1 Å². The number of sulfonamides is 1. The van der Waals surface area contributed by atoms with E-state index in [0.29, 0.717) is 13.2 Å². The van der Waals surface area contributed by atoms with Crippen LogP contribution in [0.3, 0.4) is 0 Å². The van der Waals surface area contributed by atoms with Crippen LogP contribution in [0, 0.1) is 6.92 Å². The van der Waals surface area contributed by atoms with Crippen LogP contribution in [0.4, 0.5) is 0 Å². The van der Waals surface area contributed by atoms with Crippen LogP contribution >= 0.6 is 0 Å². The van der Waals surface area contributed by atoms with Gasteiger partial charge in [-0.15, -0.1) is 13.2 Å². The summed E-state index contributed by atoms with van der Waals surface area (Å²) in [5, 5.41) is 0. The number of benzene rings is 1. The fourth-order valence-electron chi connectivity index (χ4n) is 1.71. The second kappa shape index (κ2) is 9.53. The summed E-state index contributed by atoms with van der Waals surface area (Å²) in [6, 6.07) is 6.18. The summed E-state index contributed by atoms with van der Waals surface area (Å²) in [5.41, 5.74) is 0.999. The lowest BCUT2D eigenvalue weighted by molar-refractivity contribution is 0.0840. The number of nitrogens with one attached hydrogen (secondary N) is 1. The molecular weight excluding hydrogens is 302 g/mol. The van der Waals surface area contributed by atoms with Crippen LogP contribution in [0.2, 0.25) is 0 Å². The largest absolute Gasteiger partial charge is 0.376 e. The van der Waals surface area contributed by atoms with Crippen molar-refractivity contribution in [2.75, 3.05) is 26.4 Å². The molecule has 0 heterocycles. The van der Waals surface area contributed by atoms with Crippen molar-refractivity contribution >= 4 is 10.0 Å². The van der Waals surface area contributed by atoms with Crippen molar-refractivity contribution in [2.24, 2.45) is 0 Å². The number of ether oxygens (including phenoxy) is 2. The van der Waals surface area contributed by atoms with Crippen LogP contribution < -0.4 is 4.72 Å². The average Bonchev–Trinajstić information content (AvgIpc) is 2.47. The van der Waals surface area contributed by atoms with Gasteiger partial charge in [0.2, 0.25) is 10.0 Å². The van der Waals surface area contributed by atoms with E-state index in [-0.39, 0.29) is 18.1 Å². The lowest BCUT2D eigenvalue weighted by Gasteiger charge is -2.18. The van der Waals surface area contributed by atoms with Gasteiger partial charge < -0.3 is 9.47 Å². The van der Waals surface area contributed by atoms with Crippen molar-refractivity contribution in [1.29, 1.82) is 0 Å². The molecule has 22 heavy (non-hydrogen) atoms. The first kappa shape index (κ1) is 18.6. The Balaban J connectivity index is 2.73. The monoisotopic (exact) mass is 325 g/mol. The molecule has 0 aliphatic carbocycles. The highest BCUT2D eigenvalue weighted by Gasteiger charge is 2.20. The Hall–Kier alpha value is -1.47. The molecule has 122 valence electrons. The zero-order chi connectivity index (χ0) is 16.4. The van der Waals surface area contributed by atoms with E-state index >= 15 is 0 Å². The van der Waals surface area contributed by atoms with Gasteiger partial charge in [0.15, 0.2) is 0 Å². The first-order chi connectivity index (χ1) is 10.5. The average molecular weight is 325 g/mol. The highest BCUT2D eigenvalue weighted by Crippen LogP contribution is 2.10. The fourth-order valence-corrected chi connectivity index (χ4v) is 2.91.